The second-order valence-electron chi connectivity index (χ2n) is 5.03. The van der Waals surface area contributed by atoms with Crippen molar-refractivity contribution in [3.63, 3.8) is 0 Å². The van der Waals surface area contributed by atoms with Crippen LogP contribution in [0.1, 0.15) is 17.0 Å². The van der Waals surface area contributed by atoms with Crippen molar-refractivity contribution in [2.45, 2.75) is 12.5 Å². The molecule has 1 aliphatic rings. The number of benzene rings is 2. The zero-order valence-corrected chi connectivity index (χ0v) is 11.6. The molecule has 3 nitrogen and oxygen atoms in total. The summed E-state index contributed by atoms with van der Waals surface area (Å²) in [7, 11) is 1.95. The van der Waals surface area contributed by atoms with Gasteiger partial charge in [0, 0.05) is 12.1 Å². The Morgan fingerprint density at radius 2 is 1.95 bits per heavy atom. The van der Waals surface area contributed by atoms with E-state index in [0.29, 0.717) is 19.1 Å². The summed E-state index contributed by atoms with van der Waals surface area (Å²) in [6, 6.07) is 16.4. The number of hydrogen-bond donors (Lipinski definition) is 1. The Labute approximate surface area is 119 Å². The number of ether oxygens (including phenoxy) is 2. The van der Waals surface area contributed by atoms with Crippen LogP contribution in [0.15, 0.2) is 48.5 Å². The standard InChI is InChI=1S/C17H19NO2/c1-18-10-13-6-8-15(9-7-13)19-11-14-12-20-17-5-3-2-4-16(14)17/h2-9,14,18H,10-12H2,1H3. The van der Waals surface area contributed by atoms with E-state index < -0.39 is 0 Å². The largest absolute Gasteiger partial charge is 0.493 e. The summed E-state index contributed by atoms with van der Waals surface area (Å²) in [5, 5.41) is 3.13. The van der Waals surface area contributed by atoms with E-state index in [1.165, 1.54) is 11.1 Å². The molecule has 1 heterocycles. The fraction of sp³-hybridized carbons (Fsp3) is 0.294. The number of para-hydroxylation sites is 1. The Morgan fingerprint density at radius 1 is 1.15 bits per heavy atom. The van der Waals surface area contributed by atoms with Gasteiger partial charge in [0.05, 0.1) is 19.1 Å². The minimum atomic E-state index is 0.322. The monoisotopic (exact) mass is 269 g/mol. The van der Waals surface area contributed by atoms with Gasteiger partial charge in [-0.3, -0.25) is 0 Å². The smallest absolute Gasteiger partial charge is 0.123 e. The summed E-state index contributed by atoms with van der Waals surface area (Å²) < 4.78 is 11.5. The zero-order chi connectivity index (χ0) is 13.8. The van der Waals surface area contributed by atoms with E-state index in [0.717, 1.165) is 18.0 Å². The van der Waals surface area contributed by atoms with Crippen LogP contribution in [-0.2, 0) is 6.54 Å². The molecule has 104 valence electrons. The zero-order valence-electron chi connectivity index (χ0n) is 11.6. The van der Waals surface area contributed by atoms with E-state index in [9.17, 15) is 0 Å². The molecule has 0 aliphatic carbocycles. The summed E-state index contributed by atoms with van der Waals surface area (Å²) in [4.78, 5) is 0. The van der Waals surface area contributed by atoms with E-state index in [2.05, 4.69) is 23.5 Å². The molecule has 1 unspecified atom stereocenters. The van der Waals surface area contributed by atoms with Crippen molar-refractivity contribution < 1.29 is 9.47 Å². The van der Waals surface area contributed by atoms with Crippen molar-refractivity contribution in [1.82, 2.24) is 5.32 Å². The van der Waals surface area contributed by atoms with Gasteiger partial charge in [0.2, 0.25) is 0 Å². The molecule has 3 rings (SSSR count). The molecule has 0 saturated heterocycles. The van der Waals surface area contributed by atoms with E-state index in [4.69, 9.17) is 9.47 Å². The van der Waals surface area contributed by atoms with Gasteiger partial charge in [-0.1, -0.05) is 30.3 Å². The third kappa shape index (κ3) is 2.78. The number of nitrogens with one attached hydrogen (secondary N) is 1. The molecule has 0 aromatic heterocycles. The predicted octanol–water partition coefficient (Wildman–Crippen LogP) is 2.96. The van der Waals surface area contributed by atoms with Crippen LogP contribution in [0.5, 0.6) is 11.5 Å². The van der Waals surface area contributed by atoms with E-state index >= 15 is 0 Å². The van der Waals surface area contributed by atoms with Gasteiger partial charge in [-0.25, -0.2) is 0 Å². The highest BCUT2D eigenvalue weighted by Gasteiger charge is 2.24. The predicted molar refractivity (Wildman–Crippen MR) is 79.4 cm³/mol. The molecule has 1 N–H and O–H groups in total. The molecular formula is C17H19NO2. The van der Waals surface area contributed by atoms with Gasteiger partial charge in [-0.15, -0.1) is 0 Å². The first kappa shape index (κ1) is 13.0. The first-order valence-electron chi connectivity index (χ1n) is 6.95. The lowest BCUT2D eigenvalue weighted by Crippen LogP contribution is -2.11. The molecule has 2 aromatic carbocycles. The Bertz CT molecular complexity index is 565. The molecule has 0 fully saturated rings. The lowest BCUT2D eigenvalue weighted by Gasteiger charge is -2.11. The van der Waals surface area contributed by atoms with Crippen molar-refractivity contribution in [2.24, 2.45) is 0 Å². The van der Waals surface area contributed by atoms with Crippen LogP contribution >= 0.6 is 0 Å². The van der Waals surface area contributed by atoms with E-state index in [1.54, 1.807) is 0 Å². The topological polar surface area (TPSA) is 30.5 Å². The van der Waals surface area contributed by atoms with Crippen molar-refractivity contribution in [3.8, 4) is 11.5 Å². The molecule has 0 saturated carbocycles. The first-order chi connectivity index (χ1) is 9.86. The summed E-state index contributed by atoms with van der Waals surface area (Å²) in [5.74, 6) is 2.22. The Kier molecular flexibility index (Phi) is 3.88. The van der Waals surface area contributed by atoms with Gasteiger partial charge >= 0.3 is 0 Å². The fourth-order valence-corrected chi connectivity index (χ4v) is 2.47. The molecule has 2 aromatic rings. The van der Waals surface area contributed by atoms with Crippen LogP contribution in [0.25, 0.3) is 0 Å². The van der Waals surface area contributed by atoms with Crippen molar-refractivity contribution in [1.29, 1.82) is 0 Å². The van der Waals surface area contributed by atoms with Crippen LogP contribution in [0.4, 0.5) is 0 Å². The minimum absolute atomic E-state index is 0.322. The van der Waals surface area contributed by atoms with Crippen LogP contribution in [0, 0.1) is 0 Å². The summed E-state index contributed by atoms with van der Waals surface area (Å²) >= 11 is 0. The molecular weight excluding hydrogens is 250 g/mol. The Morgan fingerprint density at radius 3 is 2.75 bits per heavy atom. The number of fused-ring (bicyclic) bond motifs is 1. The maximum atomic E-state index is 5.88. The van der Waals surface area contributed by atoms with Gasteiger partial charge in [-0.2, -0.15) is 0 Å². The van der Waals surface area contributed by atoms with Crippen LogP contribution < -0.4 is 14.8 Å². The third-order valence-electron chi connectivity index (χ3n) is 3.55. The van der Waals surface area contributed by atoms with Gasteiger partial charge in [-0.05, 0) is 30.8 Å². The maximum Gasteiger partial charge on any atom is 0.123 e. The molecule has 0 bridgehead atoms. The normalized spacial score (nSPS) is 16.6. The third-order valence-corrected chi connectivity index (χ3v) is 3.55. The first-order valence-corrected chi connectivity index (χ1v) is 6.95. The second-order valence-corrected chi connectivity index (χ2v) is 5.03. The van der Waals surface area contributed by atoms with Crippen LogP contribution in [0.3, 0.4) is 0 Å². The lowest BCUT2D eigenvalue weighted by atomic mass is 10.0. The van der Waals surface area contributed by atoms with Crippen molar-refractivity contribution in [3.05, 3.63) is 59.7 Å². The summed E-state index contributed by atoms with van der Waals surface area (Å²) in [6.07, 6.45) is 0. The maximum absolute atomic E-state index is 5.88. The SMILES string of the molecule is CNCc1ccc(OCC2COc3ccccc32)cc1. The summed E-state index contributed by atoms with van der Waals surface area (Å²) in [6.45, 7) is 2.24. The highest BCUT2D eigenvalue weighted by atomic mass is 16.5. The molecule has 0 spiro atoms. The average Bonchev–Trinajstić information content (AvgIpc) is 2.90. The molecule has 1 atom stereocenters. The van der Waals surface area contributed by atoms with Crippen LogP contribution in [0.2, 0.25) is 0 Å². The van der Waals surface area contributed by atoms with Gasteiger partial charge in [0.1, 0.15) is 11.5 Å². The molecule has 1 aliphatic heterocycles. The van der Waals surface area contributed by atoms with Crippen LogP contribution in [-0.4, -0.2) is 20.3 Å². The lowest BCUT2D eigenvalue weighted by molar-refractivity contribution is 0.248. The fourth-order valence-electron chi connectivity index (χ4n) is 2.47. The molecule has 3 heteroatoms. The van der Waals surface area contributed by atoms with E-state index in [1.807, 2.05) is 37.4 Å². The highest BCUT2D eigenvalue weighted by Crippen LogP contribution is 2.33. The van der Waals surface area contributed by atoms with Gasteiger partial charge in [0.25, 0.3) is 0 Å². The number of rotatable bonds is 5. The highest BCUT2D eigenvalue weighted by molar-refractivity contribution is 5.39. The van der Waals surface area contributed by atoms with Gasteiger partial charge in [0.15, 0.2) is 0 Å². The Hall–Kier alpha value is -2.00. The van der Waals surface area contributed by atoms with Crippen molar-refractivity contribution in [2.75, 3.05) is 20.3 Å². The molecule has 20 heavy (non-hydrogen) atoms. The quantitative estimate of drug-likeness (QED) is 0.905. The minimum Gasteiger partial charge on any atom is -0.493 e. The average molecular weight is 269 g/mol. The summed E-state index contributed by atoms with van der Waals surface area (Å²) in [5.41, 5.74) is 2.51. The van der Waals surface area contributed by atoms with E-state index in [-0.39, 0.29) is 0 Å². The van der Waals surface area contributed by atoms with Crippen molar-refractivity contribution >= 4 is 0 Å². The second kappa shape index (κ2) is 5.97. The molecule has 0 radical (unpaired) electrons. The Balaban J connectivity index is 1.60. The number of hydrogen-bond acceptors (Lipinski definition) is 3. The van der Waals surface area contributed by atoms with Gasteiger partial charge < -0.3 is 14.8 Å². The molecule has 0 amide bonds.